The molecule has 0 bridgehead atoms. The van der Waals surface area contributed by atoms with Crippen molar-refractivity contribution in [3.05, 3.63) is 170 Å². The molecule has 0 aromatic carbocycles. The lowest BCUT2D eigenvalue weighted by Gasteiger charge is -2.18. The average molecular weight is 863 g/mol. The Hall–Kier alpha value is -5.23. The second-order valence-corrected chi connectivity index (χ2v) is 14.5. The van der Waals surface area contributed by atoms with E-state index in [1.165, 1.54) is 0 Å². The lowest BCUT2D eigenvalue weighted by atomic mass is 10.2. The monoisotopic (exact) mass is 863 g/mol. The van der Waals surface area contributed by atoms with Crippen molar-refractivity contribution in [1.82, 2.24) is 0 Å². The number of carbonyl (C=O) groups excluding carboxylic acids is 3. The molecule has 0 saturated heterocycles. The van der Waals surface area contributed by atoms with Crippen molar-refractivity contribution >= 4 is 17.9 Å². The molecule has 6 nitrogen and oxygen atoms in total. The van der Waals surface area contributed by atoms with Gasteiger partial charge in [-0.3, -0.25) is 14.4 Å². The summed E-state index contributed by atoms with van der Waals surface area (Å²) in [7, 11) is 0. The number of esters is 3. The van der Waals surface area contributed by atoms with Crippen molar-refractivity contribution in [3.63, 3.8) is 0 Å². The van der Waals surface area contributed by atoms with Gasteiger partial charge in [-0.1, -0.05) is 191 Å². The van der Waals surface area contributed by atoms with Crippen LogP contribution in [0.4, 0.5) is 0 Å². The normalized spacial score (nSPS) is 13.6. The van der Waals surface area contributed by atoms with Crippen molar-refractivity contribution in [3.8, 4) is 0 Å². The van der Waals surface area contributed by atoms with Gasteiger partial charge in [-0.2, -0.15) is 0 Å². The predicted molar refractivity (Wildman–Crippen MR) is 269 cm³/mol. The van der Waals surface area contributed by atoms with Crippen LogP contribution in [-0.4, -0.2) is 37.2 Å². The molecule has 6 heteroatoms. The Morgan fingerprint density at radius 1 is 0.302 bits per heavy atom. The fourth-order valence-corrected chi connectivity index (χ4v) is 5.32. The summed E-state index contributed by atoms with van der Waals surface area (Å²) in [5, 5.41) is 0. The molecule has 346 valence electrons. The van der Waals surface area contributed by atoms with Crippen molar-refractivity contribution in [2.24, 2.45) is 0 Å². The van der Waals surface area contributed by atoms with Gasteiger partial charge in [-0.05, 0) is 109 Å². The number of carbonyl (C=O) groups is 3. The summed E-state index contributed by atoms with van der Waals surface area (Å²) in [6.07, 6.45) is 73.8. The van der Waals surface area contributed by atoms with Crippen LogP contribution < -0.4 is 0 Å². The molecule has 0 heterocycles. The minimum atomic E-state index is -0.883. The number of hydrogen-bond acceptors (Lipinski definition) is 6. The minimum absolute atomic E-state index is 0.168. The molecule has 0 rings (SSSR count). The molecule has 0 spiro atoms. The van der Waals surface area contributed by atoms with E-state index in [1.54, 1.807) is 0 Å². The van der Waals surface area contributed by atoms with Crippen molar-refractivity contribution in [2.45, 2.75) is 155 Å². The van der Waals surface area contributed by atoms with Crippen LogP contribution in [0.3, 0.4) is 0 Å². The topological polar surface area (TPSA) is 78.9 Å². The van der Waals surface area contributed by atoms with Crippen molar-refractivity contribution in [1.29, 1.82) is 0 Å². The van der Waals surface area contributed by atoms with Gasteiger partial charge < -0.3 is 14.2 Å². The maximum Gasteiger partial charge on any atom is 0.306 e. The first kappa shape index (κ1) is 57.8. The van der Waals surface area contributed by atoms with E-state index < -0.39 is 24.0 Å². The Morgan fingerprint density at radius 2 is 0.508 bits per heavy atom. The molecule has 0 aliphatic rings. The summed E-state index contributed by atoms with van der Waals surface area (Å²) in [6.45, 7) is 6.04. The zero-order valence-electron chi connectivity index (χ0n) is 39.2. The largest absolute Gasteiger partial charge is 0.462 e. The van der Waals surface area contributed by atoms with Crippen LogP contribution in [0.25, 0.3) is 0 Å². The van der Waals surface area contributed by atoms with Crippen LogP contribution >= 0.6 is 0 Å². The van der Waals surface area contributed by atoms with E-state index in [-0.39, 0.29) is 32.5 Å². The van der Waals surface area contributed by atoms with Crippen LogP contribution in [0.15, 0.2) is 170 Å². The summed E-state index contributed by atoms with van der Waals surface area (Å²) in [5.74, 6) is -1.24. The molecule has 1 atom stereocenters. The highest BCUT2D eigenvalue weighted by Gasteiger charge is 2.19. The van der Waals surface area contributed by atoms with Gasteiger partial charge in [0.25, 0.3) is 0 Å². The lowest BCUT2D eigenvalue weighted by molar-refractivity contribution is -0.166. The minimum Gasteiger partial charge on any atom is -0.462 e. The Bertz CT molecular complexity index is 1550. The molecule has 0 saturated carbocycles. The van der Waals surface area contributed by atoms with Crippen LogP contribution in [-0.2, 0) is 28.6 Å². The third kappa shape index (κ3) is 47.7. The first-order valence-electron chi connectivity index (χ1n) is 23.6. The molecule has 0 aromatic heterocycles. The van der Waals surface area contributed by atoms with E-state index in [9.17, 15) is 14.4 Å². The Kier molecular flexibility index (Phi) is 45.3. The average Bonchev–Trinajstić information content (AvgIpc) is 3.28. The second kappa shape index (κ2) is 49.4. The molecule has 1 unspecified atom stereocenters. The quantitative estimate of drug-likeness (QED) is 0.0348. The summed E-state index contributed by atoms with van der Waals surface area (Å²) in [6, 6.07) is 0. The summed E-state index contributed by atoms with van der Waals surface area (Å²) in [5.41, 5.74) is 0. The van der Waals surface area contributed by atoms with Gasteiger partial charge >= 0.3 is 17.9 Å². The number of rotatable bonds is 39. The van der Waals surface area contributed by atoms with Gasteiger partial charge in [0.2, 0.25) is 0 Å². The predicted octanol–water partition coefficient (Wildman–Crippen LogP) is 15.6. The van der Waals surface area contributed by atoms with Crippen LogP contribution in [0.5, 0.6) is 0 Å². The fourth-order valence-electron chi connectivity index (χ4n) is 5.32. The van der Waals surface area contributed by atoms with Gasteiger partial charge in [-0.25, -0.2) is 0 Å². The molecular weight excluding hydrogens is 781 g/mol. The molecule has 0 fully saturated rings. The van der Waals surface area contributed by atoms with E-state index in [1.807, 2.05) is 36.5 Å². The van der Waals surface area contributed by atoms with E-state index in [4.69, 9.17) is 14.2 Å². The van der Waals surface area contributed by atoms with Gasteiger partial charge in [0.1, 0.15) is 13.2 Å². The maximum atomic E-state index is 12.7. The summed E-state index contributed by atoms with van der Waals surface area (Å²) >= 11 is 0. The van der Waals surface area contributed by atoms with Crippen molar-refractivity contribution in [2.75, 3.05) is 13.2 Å². The molecule has 0 N–H and O–H groups in total. The zero-order chi connectivity index (χ0) is 45.8. The maximum absolute atomic E-state index is 12.7. The van der Waals surface area contributed by atoms with Crippen molar-refractivity contribution < 1.29 is 28.6 Å². The number of hydrogen-bond donors (Lipinski definition) is 0. The summed E-state index contributed by atoms with van der Waals surface area (Å²) < 4.78 is 16.5. The van der Waals surface area contributed by atoms with Crippen LogP contribution in [0.2, 0.25) is 0 Å². The molecule has 0 radical (unpaired) electrons. The fraction of sp³-hybridized carbons (Fsp3) is 0.456. The first-order valence-corrected chi connectivity index (χ1v) is 23.6. The van der Waals surface area contributed by atoms with Gasteiger partial charge in [0.05, 0.1) is 0 Å². The number of ether oxygens (including phenoxy) is 3. The van der Waals surface area contributed by atoms with E-state index in [0.29, 0.717) is 19.3 Å². The van der Waals surface area contributed by atoms with Crippen LogP contribution in [0.1, 0.15) is 149 Å². The Labute approximate surface area is 383 Å². The van der Waals surface area contributed by atoms with E-state index >= 15 is 0 Å². The SMILES string of the molecule is CC/C=C\C/C=C\C/C=C\C/C=C\C/C=C\C/C=C\CCC(=O)OCC(COC(=O)CC/C=C\C/C=C\C/C=C\C/C=C\CC)OC(=O)CC/C=C\C/C=C\C/C=C\C/C=C\CC. The van der Waals surface area contributed by atoms with E-state index in [0.717, 1.165) is 89.9 Å². The first-order chi connectivity index (χ1) is 31.0. The third-order valence-electron chi connectivity index (χ3n) is 8.74. The van der Waals surface area contributed by atoms with Gasteiger partial charge in [-0.15, -0.1) is 0 Å². The highest BCUT2D eigenvalue weighted by Crippen LogP contribution is 2.07. The third-order valence-corrected chi connectivity index (χ3v) is 8.74. The zero-order valence-corrected chi connectivity index (χ0v) is 39.2. The molecule has 0 amide bonds. The highest BCUT2D eigenvalue weighted by molar-refractivity contribution is 5.71. The molecule has 0 aliphatic heterocycles. The molecule has 63 heavy (non-hydrogen) atoms. The molecule has 0 aromatic rings. The van der Waals surface area contributed by atoms with Gasteiger partial charge in [0.15, 0.2) is 6.10 Å². The highest BCUT2D eigenvalue weighted by atomic mass is 16.6. The Morgan fingerprint density at radius 3 is 0.746 bits per heavy atom. The standard InChI is InChI=1S/C57H82O6/c1-4-7-10-13-16-19-22-25-26-27-28-29-30-33-35-38-41-44-47-50-56(59)62-53-54(63-57(60)51-48-45-42-39-36-32-24-21-18-15-12-9-6-3)52-61-55(58)49-46-43-40-37-34-31-23-20-17-14-11-8-5-2/h7-12,16-21,25-26,28-29,31-36,40-45,54H,4-6,13-15,22-24,27,30,37-39,46-53H2,1-3H3/b10-7-,11-8-,12-9-,19-16-,20-17-,21-18-,26-25-,29-28-,34-31-,35-33-,36-32-,43-40-,44-41-,45-42-. The smallest absolute Gasteiger partial charge is 0.306 e. The molecular formula is C57H82O6. The molecule has 0 aliphatic carbocycles. The lowest BCUT2D eigenvalue weighted by Crippen LogP contribution is -2.30. The summed E-state index contributed by atoms with van der Waals surface area (Å²) in [4.78, 5) is 37.7. The van der Waals surface area contributed by atoms with E-state index in [2.05, 4.69) is 154 Å². The number of allylic oxidation sites excluding steroid dienone is 28. The Balaban J connectivity index is 4.71. The van der Waals surface area contributed by atoms with Gasteiger partial charge in [0, 0.05) is 19.3 Å². The second-order valence-electron chi connectivity index (χ2n) is 14.5. The van der Waals surface area contributed by atoms with Crippen LogP contribution in [0, 0.1) is 0 Å².